The molecule has 0 bridgehead atoms. The first kappa shape index (κ1) is 13.9. The molecular weight excluding hydrogens is 306 g/mol. The number of carbonyl (C=O) groups excluding carboxylic acids is 1. The molecule has 106 valence electrons. The second kappa shape index (κ2) is 5.71. The largest absolute Gasteiger partial charge is 0.304 e. The van der Waals surface area contributed by atoms with E-state index >= 15 is 0 Å². The molecule has 3 rings (SSSR count). The first-order chi connectivity index (χ1) is 10.1. The van der Waals surface area contributed by atoms with Crippen LogP contribution in [-0.4, -0.2) is 15.7 Å². The fraction of sp³-hybridized carbons (Fsp3) is 0.0667. The number of aryl methyl sites for hydroxylation is 1. The van der Waals surface area contributed by atoms with Gasteiger partial charge in [0.2, 0.25) is 0 Å². The topological polar surface area (TPSA) is 46.9 Å². The van der Waals surface area contributed by atoms with E-state index in [9.17, 15) is 4.79 Å². The Labute approximate surface area is 131 Å². The lowest BCUT2D eigenvalue weighted by atomic mass is 10.3. The first-order valence-electron chi connectivity index (χ1n) is 6.30. The molecule has 1 amide bonds. The van der Waals surface area contributed by atoms with Crippen LogP contribution in [0.5, 0.6) is 0 Å². The zero-order valence-electron chi connectivity index (χ0n) is 11.2. The maximum absolute atomic E-state index is 12.1. The molecule has 0 aliphatic rings. The zero-order chi connectivity index (χ0) is 14.8. The summed E-state index contributed by atoms with van der Waals surface area (Å²) in [6, 6.07) is 11.0. The van der Waals surface area contributed by atoms with Crippen LogP contribution in [0.3, 0.4) is 0 Å². The SMILES string of the molecule is Cc1csc(C(=O)Nc2ccn(-c3cccc(Cl)c3)n2)c1. The van der Waals surface area contributed by atoms with Crippen LogP contribution in [0.25, 0.3) is 5.69 Å². The molecule has 4 nitrogen and oxygen atoms in total. The number of halogens is 1. The van der Waals surface area contributed by atoms with E-state index in [0.717, 1.165) is 11.3 Å². The maximum Gasteiger partial charge on any atom is 0.266 e. The Morgan fingerprint density at radius 1 is 1.33 bits per heavy atom. The fourth-order valence-electron chi connectivity index (χ4n) is 1.88. The lowest BCUT2D eigenvalue weighted by Crippen LogP contribution is -2.11. The lowest BCUT2D eigenvalue weighted by molar-refractivity contribution is 0.103. The van der Waals surface area contributed by atoms with Gasteiger partial charge < -0.3 is 5.32 Å². The summed E-state index contributed by atoms with van der Waals surface area (Å²) in [5, 5.41) is 9.69. The monoisotopic (exact) mass is 317 g/mol. The van der Waals surface area contributed by atoms with Crippen molar-refractivity contribution in [3.05, 3.63) is 63.4 Å². The molecule has 0 fully saturated rings. The molecule has 0 atom stereocenters. The van der Waals surface area contributed by atoms with Crippen molar-refractivity contribution in [3.63, 3.8) is 0 Å². The third-order valence-electron chi connectivity index (χ3n) is 2.86. The van der Waals surface area contributed by atoms with E-state index in [1.807, 2.05) is 36.6 Å². The van der Waals surface area contributed by atoms with Crippen LogP contribution in [-0.2, 0) is 0 Å². The highest BCUT2D eigenvalue weighted by Crippen LogP contribution is 2.17. The number of hydrogen-bond acceptors (Lipinski definition) is 3. The minimum Gasteiger partial charge on any atom is -0.304 e. The first-order valence-corrected chi connectivity index (χ1v) is 7.56. The van der Waals surface area contributed by atoms with Gasteiger partial charge in [0.15, 0.2) is 5.82 Å². The average molecular weight is 318 g/mol. The number of rotatable bonds is 3. The lowest BCUT2D eigenvalue weighted by Gasteiger charge is -2.02. The number of nitrogens with one attached hydrogen (secondary N) is 1. The van der Waals surface area contributed by atoms with Gasteiger partial charge in [-0.25, -0.2) is 4.68 Å². The minimum atomic E-state index is -0.149. The van der Waals surface area contributed by atoms with Gasteiger partial charge in [0.25, 0.3) is 5.91 Å². The summed E-state index contributed by atoms with van der Waals surface area (Å²) in [4.78, 5) is 12.7. The number of amides is 1. The van der Waals surface area contributed by atoms with Crippen LogP contribution in [0, 0.1) is 6.92 Å². The van der Waals surface area contributed by atoms with Gasteiger partial charge in [-0.05, 0) is 42.1 Å². The van der Waals surface area contributed by atoms with Crippen LogP contribution < -0.4 is 5.32 Å². The molecule has 0 radical (unpaired) electrons. The number of thiophene rings is 1. The van der Waals surface area contributed by atoms with Gasteiger partial charge in [0, 0.05) is 17.3 Å². The molecule has 0 unspecified atom stereocenters. The van der Waals surface area contributed by atoms with Crippen molar-refractivity contribution in [2.24, 2.45) is 0 Å². The summed E-state index contributed by atoms with van der Waals surface area (Å²) in [5.41, 5.74) is 1.92. The molecule has 1 N–H and O–H groups in total. The second-order valence-electron chi connectivity index (χ2n) is 4.57. The second-order valence-corrected chi connectivity index (χ2v) is 5.92. The summed E-state index contributed by atoms with van der Waals surface area (Å²) in [6.45, 7) is 1.96. The Kier molecular flexibility index (Phi) is 3.77. The van der Waals surface area contributed by atoms with E-state index in [2.05, 4.69) is 10.4 Å². The molecule has 0 saturated heterocycles. The van der Waals surface area contributed by atoms with E-state index in [0.29, 0.717) is 15.7 Å². The van der Waals surface area contributed by atoms with E-state index in [4.69, 9.17) is 11.6 Å². The van der Waals surface area contributed by atoms with Crippen LogP contribution in [0.1, 0.15) is 15.2 Å². The molecular formula is C15H12ClN3OS. The van der Waals surface area contributed by atoms with Gasteiger partial charge in [0.05, 0.1) is 10.6 Å². The maximum atomic E-state index is 12.1. The van der Waals surface area contributed by atoms with Crippen LogP contribution in [0.2, 0.25) is 5.02 Å². The van der Waals surface area contributed by atoms with E-state index in [-0.39, 0.29) is 5.91 Å². The highest BCUT2D eigenvalue weighted by Gasteiger charge is 2.10. The highest BCUT2D eigenvalue weighted by atomic mass is 35.5. The van der Waals surface area contributed by atoms with Gasteiger partial charge in [-0.3, -0.25) is 4.79 Å². The predicted molar refractivity (Wildman–Crippen MR) is 85.6 cm³/mol. The van der Waals surface area contributed by atoms with Crippen molar-refractivity contribution in [2.75, 3.05) is 5.32 Å². The molecule has 2 aromatic heterocycles. The summed E-state index contributed by atoms with van der Waals surface area (Å²) in [7, 11) is 0. The quantitative estimate of drug-likeness (QED) is 0.789. The molecule has 21 heavy (non-hydrogen) atoms. The Hall–Kier alpha value is -2.11. The van der Waals surface area contributed by atoms with Crippen molar-refractivity contribution >= 4 is 34.7 Å². The molecule has 2 heterocycles. The average Bonchev–Trinajstić information content (AvgIpc) is 3.08. The summed E-state index contributed by atoms with van der Waals surface area (Å²) >= 11 is 7.38. The smallest absolute Gasteiger partial charge is 0.266 e. The van der Waals surface area contributed by atoms with Crippen molar-refractivity contribution in [3.8, 4) is 5.69 Å². The fourth-order valence-corrected chi connectivity index (χ4v) is 2.86. The number of hydrogen-bond donors (Lipinski definition) is 1. The molecule has 3 aromatic rings. The minimum absolute atomic E-state index is 0.149. The van der Waals surface area contributed by atoms with Crippen LogP contribution >= 0.6 is 22.9 Å². The van der Waals surface area contributed by atoms with E-state index in [1.54, 1.807) is 23.0 Å². The van der Waals surface area contributed by atoms with Gasteiger partial charge in [-0.2, -0.15) is 5.10 Å². The predicted octanol–water partition coefficient (Wildman–Crippen LogP) is 4.15. The van der Waals surface area contributed by atoms with Crippen LogP contribution in [0.4, 0.5) is 5.82 Å². The Morgan fingerprint density at radius 3 is 2.90 bits per heavy atom. The van der Waals surface area contributed by atoms with Crippen molar-refractivity contribution in [1.29, 1.82) is 0 Å². The van der Waals surface area contributed by atoms with Gasteiger partial charge in [-0.15, -0.1) is 11.3 Å². The molecule has 0 aliphatic heterocycles. The van der Waals surface area contributed by atoms with Crippen LogP contribution in [0.15, 0.2) is 48.0 Å². The van der Waals surface area contributed by atoms with E-state index in [1.165, 1.54) is 11.3 Å². The van der Waals surface area contributed by atoms with Gasteiger partial charge in [0.1, 0.15) is 0 Å². The number of benzene rings is 1. The highest BCUT2D eigenvalue weighted by molar-refractivity contribution is 7.12. The summed E-state index contributed by atoms with van der Waals surface area (Å²) < 4.78 is 1.67. The van der Waals surface area contributed by atoms with Crippen molar-refractivity contribution in [2.45, 2.75) is 6.92 Å². The number of aromatic nitrogens is 2. The van der Waals surface area contributed by atoms with Gasteiger partial charge in [-0.1, -0.05) is 17.7 Å². The standard InChI is InChI=1S/C15H12ClN3OS/c1-10-7-13(21-9-10)15(20)17-14-5-6-19(18-14)12-4-2-3-11(16)8-12/h2-9H,1H3,(H,17,18,20). The molecule has 0 spiro atoms. The molecule has 0 aliphatic carbocycles. The summed E-state index contributed by atoms with van der Waals surface area (Å²) in [5.74, 6) is 0.357. The van der Waals surface area contributed by atoms with Crippen molar-refractivity contribution in [1.82, 2.24) is 9.78 Å². The molecule has 1 aromatic carbocycles. The molecule has 0 saturated carbocycles. The number of nitrogens with zero attached hydrogens (tertiary/aromatic N) is 2. The summed E-state index contributed by atoms with van der Waals surface area (Å²) in [6.07, 6.45) is 1.78. The number of carbonyl (C=O) groups is 1. The van der Waals surface area contributed by atoms with Crippen molar-refractivity contribution < 1.29 is 4.79 Å². The normalized spacial score (nSPS) is 10.6. The Balaban J connectivity index is 1.78. The molecule has 6 heteroatoms. The number of anilines is 1. The third-order valence-corrected chi connectivity index (χ3v) is 4.14. The van der Waals surface area contributed by atoms with E-state index < -0.39 is 0 Å². The zero-order valence-corrected chi connectivity index (χ0v) is 12.8. The third kappa shape index (κ3) is 3.15. The Bertz CT molecular complexity index is 794. The Morgan fingerprint density at radius 2 is 2.19 bits per heavy atom. The van der Waals surface area contributed by atoms with Gasteiger partial charge >= 0.3 is 0 Å².